The second-order valence-corrected chi connectivity index (χ2v) is 5.77. The minimum absolute atomic E-state index is 0.179. The molecule has 3 rings (SSSR count). The Hall–Kier alpha value is -2.05. The van der Waals surface area contributed by atoms with Crippen molar-refractivity contribution in [1.29, 1.82) is 0 Å². The molecule has 1 saturated heterocycles. The van der Waals surface area contributed by atoms with E-state index >= 15 is 0 Å². The largest absolute Gasteiger partial charge is 0.490 e. The van der Waals surface area contributed by atoms with Crippen LogP contribution in [0.1, 0.15) is 6.42 Å². The van der Waals surface area contributed by atoms with Crippen molar-refractivity contribution in [3.05, 3.63) is 41.7 Å². The number of benzene rings is 1. The molecule has 2 heterocycles. The summed E-state index contributed by atoms with van der Waals surface area (Å²) in [5.74, 6) is 2.01. The van der Waals surface area contributed by atoms with E-state index in [-0.39, 0.29) is 6.04 Å². The molecular weight excluding hydrogens is 316 g/mol. The molecule has 2 aromatic rings. The standard InChI is InChI=1S/C16H19ClN4O2/c17-12-1-3-14(4-2-12)22-9-10-23-16-15(19-6-7-20-16)21-8-5-13(18)11-21/h1-4,6-7,13H,5,8-11,18H2. The molecule has 6 nitrogen and oxygen atoms in total. The first-order chi connectivity index (χ1) is 11.2. The molecule has 2 N–H and O–H groups in total. The van der Waals surface area contributed by atoms with E-state index < -0.39 is 0 Å². The molecule has 0 aliphatic carbocycles. The maximum absolute atomic E-state index is 5.95. The van der Waals surface area contributed by atoms with Crippen molar-refractivity contribution < 1.29 is 9.47 Å². The minimum atomic E-state index is 0.179. The van der Waals surface area contributed by atoms with E-state index in [0.717, 1.165) is 31.1 Å². The fourth-order valence-corrected chi connectivity index (χ4v) is 2.57. The number of anilines is 1. The Morgan fingerprint density at radius 1 is 1.13 bits per heavy atom. The summed E-state index contributed by atoms with van der Waals surface area (Å²) in [6, 6.07) is 7.39. The topological polar surface area (TPSA) is 73.5 Å². The maximum Gasteiger partial charge on any atom is 0.257 e. The van der Waals surface area contributed by atoms with Gasteiger partial charge >= 0.3 is 0 Å². The Morgan fingerprint density at radius 2 is 1.87 bits per heavy atom. The highest BCUT2D eigenvalue weighted by Crippen LogP contribution is 2.25. The van der Waals surface area contributed by atoms with Crippen molar-refractivity contribution in [2.24, 2.45) is 5.73 Å². The first kappa shape index (κ1) is 15.8. The summed E-state index contributed by atoms with van der Waals surface area (Å²) in [6.45, 7) is 2.44. The average Bonchev–Trinajstić information content (AvgIpc) is 3.00. The lowest BCUT2D eigenvalue weighted by atomic mass is 10.3. The predicted molar refractivity (Wildman–Crippen MR) is 89.3 cm³/mol. The van der Waals surface area contributed by atoms with Crippen molar-refractivity contribution in [2.75, 3.05) is 31.2 Å². The van der Waals surface area contributed by atoms with Gasteiger partial charge in [-0.25, -0.2) is 9.97 Å². The van der Waals surface area contributed by atoms with E-state index in [1.807, 2.05) is 12.1 Å². The summed E-state index contributed by atoms with van der Waals surface area (Å²) >= 11 is 5.83. The Bertz CT molecular complexity index is 638. The lowest BCUT2D eigenvalue weighted by molar-refractivity contribution is 0.212. The summed E-state index contributed by atoms with van der Waals surface area (Å²) in [6.07, 6.45) is 4.24. The van der Waals surface area contributed by atoms with Crippen LogP contribution in [0.4, 0.5) is 5.82 Å². The molecule has 0 saturated carbocycles. The number of ether oxygens (including phenoxy) is 2. The molecule has 0 bridgehead atoms. The first-order valence-electron chi connectivity index (χ1n) is 7.55. The second kappa shape index (κ2) is 7.48. The highest BCUT2D eigenvalue weighted by Gasteiger charge is 2.23. The summed E-state index contributed by atoms with van der Waals surface area (Å²) in [7, 11) is 0. The zero-order chi connectivity index (χ0) is 16.1. The normalized spacial score (nSPS) is 17.3. The molecule has 7 heteroatoms. The maximum atomic E-state index is 5.95. The lowest BCUT2D eigenvalue weighted by Crippen LogP contribution is -2.27. The lowest BCUT2D eigenvalue weighted by Gasteiger charge is -2.19. The molecule has 0 radical (unpaired) electrons. The highest BCUT2D eigenvalue weighted by atomic mass is 35.5. The van der Waals surface area contributed by atoms with Crippen LogP contribution < -0.4 is 20.1 Å². The Balaban J connectivity index is 1.53. The third-order valence-electron chi connectivity index (χ3n) is 3.58. The molecule has 0 amide bonds. The van der Waals surface area contributed by atoms with Crippen LogP contribution in [0.5, 0.6) is 11.6 Å². The van der Waals surface area contributed by atoms with E-state index in [1.165, 1.54) is 0 Å². The van der Waals surface area contributed by atoms with Gasteiger partial charge in [0.1, 0.15) is 19.0 Å². The first-order valence-corrected chi connectivity index (χ1v) is 7.93. The van der Waals surface area contributed by atoms with Crippen LogP contribution in [0.25, 0.3) is 0 Å². The molecule has 1 aromatic carbocycles. The minimum Gasteiger partial charge on any atom is -0.490 e. The van der Waals surface area contributed by atoms with Gasteiger partial charge in [-0.05, 0) is 30.7 Å². The number of rotatable bonds is 6. The van der Waals surface area contributed by atoms with Crippen LogP contribution in [-0.4, -0.2) is 42.3 Å². The molecule has 1 unspecified atom stereocenters. The molecule has 0 spiro atoms. The van der Waals surface area contributed by atoms with Crippen molar-refractivity contribution in [2.45, 2.75) is 12.5 Å². The molecule has 1 aliphatic heterocycles. The number of aromatic nitrogens is 2. The summed E-state index contributed by atoms with van der Waals surface area (Å²) in [4.78, 5) is 10.7. The van der Waals surface area contributed by atoms with E-state index in [0.29, 0.717) is 24.1 Å². The van der Waals surface area contributed by atoms with Gasteiger partial charge in [-0.3, -0.25) is 0 Å². The molecule has 1 fully saturated rings. The van der Waals surface area contributed by atoms with Crippen molar-refractivity contribution in [1.82, 2.24) is 9.97 Å². The number of halogens is 1. The van der Waals surface area contributed by atoms with Crippen molar-refractivity contribution in [3.63, 3.8) is 0 Å². The number of hydrogen-bond acceptors (Lipinski definition) is 6. The smallest absolute Gasteiger partial charge is 0.257 e. The van der Waals surface area contributed by atoms with E-state index in [4.69, 9.17) is 26.8 Å². The zero-order valence-corrected chi connectivity index (χ0v) is 13.4. The van der Waals surface area contributed by atoms with E-state index in [2.05, 4.69) is 14.9 Å². The molecular formula is C16H19ClN4O2. The van der Waals surface area contributed by atoms with Gasteiger partial charge in [0.15, 0.2) is 5.82 Å². The highest BCUT2D eigenvalue weighted by molar-refractivity contribution is 6.30. The predicted octanol–water partition coefficient (Wildman–Crippen LogP) is 2.13. The van der Waals surface area contributed by atoms with Gasteiger partial charge in [-0.1, -0.05) is 11.6 Å². The third-order valence-corrected chi connectivity index (χ3v) is 3.83. The Kier molecular flexibility index (Phi) is 5.15. The zero-order valence-electron chi connectivity index (χ0n) is 12.7. The summed E-state index contributed by atoms with van der Waals surface area (Å²) < 4.78 is 11.3. The van der Waals surface area contributed by atoms with Crippen molar-refractivity contribution in [3.8, 4) is 11.6 Å². The van der Waals surface area contributed by atoms with Gasteiger partial charge in [0.25, 0.3) is 5.88 Å². The molecule has 1 aliphatic rings. The fourth-order valence-electron chi connectivity index (χ4n) is 2.45. The Morgan fingerprint density at radius 3 is 2.61 bits per heavy atom. The third kappa shape index (κ3) is 4.24. The summed E-state index contributed by atoms with van der Waals surface area (Å²) in [5.41, 5.74) is 5.95. The van der Waals surface area contributed by atoms with E-state index in [1.54, 1.807) is 24.5 Å². The SMILES string of the molecule is NC1CCN(c2nccnc2OCCOc2ccc(Cl)cc2)C1. The van der Waals surface area contributed by atoms with Gasteiger partial charge in [0.05, 0.1) is 0 Å². The second-order valence-electron chi connectivity index (χ2n) is 5.33. The van der Waals surface area contributed by atoms with Gasteiger partial charge in [0.2, 0.25) is 0 Å². The van der Waals surface area contributed by atoms with Gasteiger partial charge in [-0.15, -0.1) is 0 Å². The quantitative estimate of drug-likeness (QED) is 0.816. The van der Waals surface area contributed by atoms with E-state index in [9.17, 15) is 0 Å². The Labute approximate surface area is 140 Å². The monoisotopic (exact) mass is 334 g/mol. The van der Waals surface area contributed by atoms with Crippen LogP contribution >= 0.6 is 11.6 Å². The molecule has 1 atom stereocenters. The van der Waals surface area contributed by atoms with Crippen LogP contribution in [0, 0.1) is 0 Å². The van der Waals surface area contributed by atoms with Gasteiger partial charge in [0, 0.05) is 36.5 Å². The van der Waals surface area contributed by atoms with Gasteiger partial charge in [-0.2, -0.15) is 0 Å². The fraction of sp³-hybridized carbons (Fsp3) is 0.375. The van der Waals surface area contributed by atoms with Crippen LogP contribution in [-0.2, 0) is 0 Å². The van der Waals surface area contributed by atoms with Crippen LogP contribution in [0.2, 0.25) is 5.02 Å². The van der Waals surface area contributed by atoms with Crippen LogP contribution in [0.15, 0.2) is 36.7 Å². The number of nitrogens with zero attached hydrogens (tertiary/aromatic N) is 3. The number of hydrogen-bond donors (Lipinski definition) is 1. The molecule has 1 aromatic heterocycles. The average molecular weight is 335 g/mol. The molecule has 122 valence electrons. The van der Waals surface area contributed by atoms with Gasteiger partial charge < -0.3 is 20.1 Å². The van der Waals surface area contributed by atoms with Crippen LogP contribution in [0.3, 0.4) is 0 Å². The summed E-state index contributed by atoms with van der Waals surface area (Å²) in [5, 5.41) is 0.682. The van der Waals surface area contributed by atoms with Crippen molar-refractivity contribution >= 4 is 17.4 Å². The molecule has 23 heavy (non-hydrogen) atoms. The number of nitrogens with two attached hydrogens (primary N) is 1.